The Hall–Kier alpha value is -4.46. The van der Waals surface area contributed by atoms with Crippen LogP contribution >= 0.6 is 0 Å². The Kier molecular flexibility index (Phi) is 10.1. The Balaban J connectivity index is 1.59. The lowest BCUT2D eigenvalue weighted by Crippen LogP contribution is -2.44. The number of carbonyl (C=O) groups excluding carboxylic acids is 2. The number of nitrogens with zero attached hydrogens (tertiary/aromatic N) is 3. The maximum atomic E-state index is 14.0. The summed E-state index contributed by atoms with van der Waals surface area (Å²) in [6.45, 7) is 5.46. The van der Waals surface area contributed by atoms with E-state index in [1.807, 2.05) is 56.1 Å². The third-order valence-corrected chi connectivity index (χ3v) is 7.30. The van der Waals surface area contributed by atoms with E-state index in [1.54, 1.807) is 37.3 Å². The predicted molar refractivity (Wildman–Crippen MR) is 168 cm³/mol. The molecule has 0 aliphatic heterocycles. The van der Waals surface area contributed by atoms with Gasteiger partial charge in [-0.05, 0) is 53.8 Å². The highest BCUT2D eigenvalue weighted by Gasteiger charge is 2.24. The molecule has 1 N–H and O–H groups in total. The fourth-order valence-corrected chi connectivity index (χ4v) is 5.04. The molecule has 0 fully saturated rings. The fourth-order valence-electron chi connectivity index (χ4n) is 5.04. The molecular formula is C34H42N4O4. The summed E-state index contributed by atoms with van der Waals surface area (Å²) in [5, 5.41) is 1.16. The SMILES string of the molecule is COc1cc(OC)cc(C(=O)N(CC(=O)N(CCc2c[nH]c3ccccc23)Cc2ccc(N(C)C)cc2)CC(C)C)c1. The Morgan fingerprint density at radius 1 is 0.881 bits per heavy atom. The van der Waals surface area contributed by atoms with Gasteiger partial charge in [-0.1, -0.05) is 44.2 Å². The van der Waals surface area contributed by atoms with Gasteiger partial charge in [-0.15, -0.1) is 0 Å². The van der Waals surface area contributed by atoms with Gasteiger partial charge in [0.2, 0.25) is 5.91 Å². The fraction of sp³-hybridized carbons (Fsp3) is 0.353. The molecule has 0 atom stereocenters. The van der Waals surface area contributed by atoms with Crippen LogP contribution in [0.25, 0.3) is 10.9 Å². The van der Waals surface area contributed by atoms with E-state index in [-0.39, 0.29) is 24.3 Å². The summed E-state index contributed by atoms with van der Waals surface area (Å²) in [4.78, 5) is 36.6. The van der Waals surface area contributed by atoms with E-state index in [4.69, 9.17) is 9.47 Å². The van der Waals surface area contributed by atoms with Crippen LogP contribution in [0.4, 0.5) is 5.69 Å². The first kappa shape index (κ1) is 30.5. The van der Waals surface area contributed by atoms with Gasteiger partial charge in [0, 0.05) is 68.1 Å². The quantitative estimate of drug-likeness (QED) is 0.226. The lowest BCUT2D eigenvalue weighted by Gasteiger charge is -2.29. The number of amides is 2. The van der Waals surface area contributed by atoms with Gasteiger partial charge in [0.15, 0.2) is 0 Å². The van der Waals surface area contributed by atoms with Crippen LogP contribution in [0.1, 0.15) is 35.3 Å². The number of ether oxygens (including phenoxy) is 2. The van der Waals surface area contributed by atoms with Gasteiger partial charge in [-0.2, -0.15) is 0 Å². The molecule has 8 heteroatoms. The molecule has 0 aliphatic carbocycles. The second kappa shape index (κ2) is 13.9. The second-order valence-corrected chi connectivity index (χ2v) is 11.2. The van der Waals surface area contributed by atoms with Crippen molar-refractivity contribution >= 4 is 28.4 Å². The van der Waals surface area contributed by atoms with Gasteiger partial charge in [0.05, 0.1) is 14.2 Å². The minimum Gasteiger partial charge on any atom is -0.497 e. The highest BCUT2D eigenvalue weighted by atomic mass is 16.5. The summed E-state index contributed by atoms with van der Waals surface area (Å²) in [5.41, 5.74) is 4.78. The van der Waals surface area contributed by atoms with E-state index >= 15 is 0 Å². The van der Waals surface area contributed by atoms with Gasteiger partial charge in [-0.3, -0.25) is 9.59 Å². The zero-order valence-electron chi connectivity index (χ0n) is 25.5. The zero-order chi connectivity index (χ0) is 30.2. The van der Waals surface area contributed by atoms with Crippen LogP contribution in [0.15, 0.2) is 72.9 Å². The number of anilines is 1. The van der Waals surface area contributed by atoms with E-state index in [2.05, 4.69) is 41.4 Å². The Morgan fingerprint density at radius 3 is 2.17 bits per heavy atom. The molecule has 0 radical (unpaired) electrons. The standard InChI is InChI=1S/C34H42N4O4/c1-24(2)21-38(34(40)27-17-29(41-5)19-30(18-27)42-6)23-33(39)37(22-25-11-13-28(14-12-25)36(3)4)16-15-26-20-35-32-10-8-7-9-31(26)32/h7-14,17-20,24,35H,15-16,21-23H2,1-6H3. The van der Waals surface area contributed by atoms with Crippen LogP contribution in [0.5, 0.6) is 11.5 Å². The number of hydrogen-bond donors (Lipinski definition) is 1. The molecule has 0 saturated carbocycles. The molecule has 8 nitrogen and oxygen atoms in total. The molecule has 0 bridgehead atoms. The second-order valence-electron chi connectivity index (χ2n) is 11.2. The number of para-hydroxylation sites is 1. The van der Waals surface area contributed by atoms with Crippen LogP contribution in [-0.2, 0) is 17.8 Å². The monoisotopic (exact) mass is 570 g/mol. The number of aromatic amines is 1. The molecule has 4 aromatic rings. The number of carbonyl (C=O) groups is 2. The van der Waals surface area contributed by atoms with Crippen LogP contribution in [0, 0.1) is 5.92 Å². The molecule has 0 aliphatic rings. The Labute approximate surface area is 248 Å². The first-order valence-corrected chi connectivity index (χ1v) is 14.3. The molecule has 42 heavy (non-hydrogen) atoms. The summed E-state index contributed by atoms with van der Waals surface area (Å²) in [6.07, 6.45) is 2.71. The van der Waals surface area contributed by atoms with Gasteiger partial charge in [0.25, 0.3) is 5.91 Å². The van der Waals surface area contributed by atoms with E-state index in [1.165, 1.54) is 0 Å². The number of fused-ring (bicyclic) bond motifs is 1. The van der Waals surface area contributed by atoms with Crippen molar-refractivity contribution in [1.29, 1.82) is 0 Å². The van der Waals surface area contributed by atoms with Crippen molar-refractivity contribution in [2.24, 2.45) is 5.92 Å². The van der Waals surface area contributed by atoms with Crippen molar-refractivity contribution in [3.63, 3.8) is 0 Å². The van der Waals surface area contributed by atoms with Crippen molar-refractivity contribution < 1.29 is 19.1 Å². The summed E-state index contributed by atoms with van der Waals surface area (Å²) < 4.78 is 10.8. The summed E-state index contributed by atoms with van der Waals surface area (Å²) in [7, 11) is 7.11. The number of H-pyrrole nitrogens is 1. The molecular weight excluding hydrogens is 528 g/mol. The van der Waals surface area contributed by atoms with Crippen molar-refractivity contribution in [1.82, 2.24) is 14.8 Å². The zero-order valence-corrected chi connectivity index (χ0v) is 25.5. The molecule has 0 saturated heterocycles. The minimum absolute atomic E-state index is 0.0276. The largest absolute Gasteiger partial charge is 0.497 e. The van der Waals surface area contributed by atoms with Crippen molar-refractivity contribution in [3.05, 3.63) is 89.6 Å². The molecule has 0 spiro atoms. The average Bonchev–Trinajstić information content (AvgIpc) is 3.41. The number of methoxy groups -OCH3 is 2. The molecule has 2 amide bonds. The summed E-state index contributed by atoms with van der Waals surface area (Å²) >= 11 is 0. The average molecular weight is 571 g/mol. The number of aromatic nitrogens is 1. The normalized spacial score (nSPS) is 11.0. The van der Waals surface area contributed by atoms with E-state index in [0.717, 1.165) is 27.7 Å². The van der Waals surface area contributed by atoms with E-state index < -0.39 is 0 Å². The number of hydrogen-bond acceptors (Lipinski definition) is 5. The van der Waals surface area contributed by atoms with Crippen LogP contribution < -0.4 is 14.4 Å². The number of rotatable bonds is 13. The van der Waals surface area contributed by atoms with Crippen molar-refractivity contribution in [3.8, 4) is 11.5 Å². The lowest BCUT2D eigenvalue weighted by molar-refractivity contribution is -0.132. The molecule has 4 rings (SSSR count). The number of nitrogens with one attached hydrogen (secondary N) is 1. The highest BCUT2D eigenvalue weighted by Crippen LogP contribution is 2.24. The van der Waals surface area contributed by atoms with Crippen molar-refractivity contribution in [2.45, 2.75) is 26.8 Å². The molecule has 0 unspecified atom stereocenters. The van der Waals surface area contributed by atoms with Crippen molar-refractivity contribution in [2.75, 3.05) is 52.8 Å². The van der Waals surface area contributed by atoms with Crippen LogP contribution in [0.2, 0.25) is 0 Å². The third-order valence-electron chi connectivity index (χ3n) is 7.30. The lowest BCUT2D eigenvalue weighted by atomic mass is 10.1. The van der Waals surface area contributed by atoms with E-state index in [9.17, 15) is 9.59 Å². The summed E-state index contributed by atoms with van der Waals surface area (Å²) in [5.74, 6) is 0.883. The van der Waals surface area contributed by atoms with Crippen LogP contribution in [0.3, 0.4) is 0 Å². The predicted octanol–water partition coefficient (Wildman–Crippen LogP) is 5.62. The maximum absolute atomic E-state index is 14.0. The van der Waals surface area contributed by atoms with Gasteiger partial charge in [0.1, 0.15) is 18.0 Å². The molecule has 1 heterocycles. The number of benzene rings is 3. The van der Waals surface area contributed by atoms with E-state index in [0.29, 0.717) is 43.1 Å². The Bertz CT molecular complexity index is 1470. The maximum Gasteiger partial charge on any atom is 0.254 e. The topological polar surface area (TPSA) is 78.1 Å². The van der Waals surface area contributed by atoms with Gasteiger partial charge < -0.3 is 29.2 Å². The van der Waals surface area contributed by atoms with Crippen LogP contribution in [-0.4, -0.2) is 74.5 Å². The molecule has 222 valence electrons. The molecule has 3 aromatic carbocycles. The third kappa shape index (κ3) is 7.63. The Morgan fingerprint density at radius 2 is 1.55 bits per heavy atom. The van der Waals surface area contributed by atoms with Gasteiger partial charge >= 0.3 is 0 Å². The smallest absolute Gasteiger partial charge is 0.254 e. The van der Waals surface area contributed by atoms with Gasteiger partial charge in [-0.25, -0.2) is 0 Å². The first-order valence-electron chi connectivity index (χ1n) is 14.3. The highest BCUT2D eigenvalue weighted by molar-refractivity contribution is 5.97. The molecule has 1 aromatic heterocycles. The minimum atomic E-state index is -0.235. The summed E-state index contributed by atoms with van der Waals surface area (Å²) in [6, 6.07) is 21.5. The first-order chi connectivity index (χ1) is 20.2.